The zero-order chi connectivity index (χ0) is 10.8. The summed E-state index contributed by atoms with van der Waals surface area (Å²) in [5.74, 6) is 0.0428. The fourth-order valence-electron chi connectivity index (χ4n) is 1.63. The zero-order valence-corrected chi connectivity index (χ0v) is 9.78. The minimum Gasteiger partial charge on any atom is -0.306 e. The van der Waals surface area contributed by atoms with E-state index in [1.165, 1.54) is 11.3 Å². The third-order valence-corrected chi connectivity index (χ3v) is 3.62. The molecule has 1 fully saturated rings. The summed E-state index contributed by atoms with van der Waals surface area (Å²) in [5, 5.41) is 6.73. The highest BCUT2D eigenvalue weighted by Gasteiger charge is 2.22. The first-order valence-corrected chi connectivity index (χ1v) is 5.97. The molecule has 0 saturated carbocycles. The molecule has 15 heavy (non-hydrogen) atoms. The lowest BCUT2D eigenvalue weighted by molar-refractivity contribution is -0.117. The van der Waals surface area contributed by atoms with E-state index in [9.17, 15) is 4.79 Å². The second-order valence-electron chi connectivity index (χ2n) is 3.80. The highest BCUT2D eigenvalue weighted by molar-refractivity contribution is 7.15. The van der Waals surface area contributed by atoms with Crippen LogP contribution in [0.5, 0.6) is 0 Å². The van der Waals surface area contributed by atoms with E-state index in [4.69, 9.17) is 0 Å². The maximum absolute atomic E-state index is 11.7. The molecule has 1 saturated heterocycles. The van der Waals surface area contributed by atoms with Crippen molar-refractivity contribution < 1.29 is 4.79 Å². The van der Waals surface area contributed by atoms with Crippen molar-refractivity contribution in [1.82, 2.24) is 10.3 Å². The summed E-state index contributed by atoms with van der Waals surface area (Å²) in [6, 6.07) is -0.0329. The van der Waals surface area contributed by atoms with Crippen LogP contribution in [0.4, 0.5) is 5.13 Å². The van der Waals surface area contributed by atoms with E-state index >= 15 is 0 Å². The van der Waals surface area contributed by atoms with Crippen LogP contribution < -0.4 is 10.6 Å². The lowest BCUT2D eigenvalue weighted by Gasteiger charge is -2.08. The SMILES string of the molecule is Cc1nc(NC(=O)[C@@H]2CCCN2)sc1C. The summed E-state index contributed by atoms with van der Waals surface area (Å²) >= 11 is 1.53. The normalized spacial score (nSPS) is 20.5. The summed E-state index contributed by atoms with van der Waals surface area (Å²) < 4.78 is 0. The number of thiazole rings is 1. The van der Waals surface area contributed by atoms with Gasteiger partial charge in [-0.1, -0.05) is 0 Å². The van der Waals surface area contributed by atoms with E-state index in [0.717, 1.165) is 30.0 Å². The van der Waals surface area contributed by atoms with Crippen molar-refractivity contribution in [3.05, 3.63) is 10.6 Å². The van der Waals surface area contributed by atoms with Crippen LogP contribution in [-0.2, 0) is 4.79 Å². The number of hydrogen-bond donors (Lipinski definition) is 2. The van der Waals surface area contributed by atoms with Gasteiger partial charge >= 0.3 is 0 Å². The molecule has 1 aromatic rings. The average molecular weight is 225 g/mol. The summed E-state index contributed by atoms with van der Waals surface area (Å²) in [7, 11) is 0. The molecule has 0 radical (unpaired) electrons. The van der Waals surface area contributed by atoms with E-state index in [1.54, 1.807) is 0 Å². The van der Waals surface area contributed by atoms with Gasteiger partial charge in [0.1, 0.15) is 0 Å². The molecule has 1 aromatic heterocycles. The summed E-state index contributed by atoms with van der Waals surface area (Å²) in [6.07, 6.45) is 2.00. The average Bonchev–Trinajstić information content (AvgIpc) is 2.77. The number of aryl methyl sites for hydroxylation is 2. The molecule has 1 aliphatic rings. The summed E-state index contributed by atoms with van der Waals surface area (Å²) in [6.45, 7) is 4.90. The van der Waals surface area contributed by atoms with Gasteiger partial charge in [-0.15, -0.1) is 11.3 Å². The molecule has 1 amide bonds. The molecule has 2 rings (SSSR count). The van der Waals surface area contributed by atoms with Crippen LogP contribution in [0.3, 0.4) is 0 Å². The number of hydrogen-bond acceptors (Lipinski definition) is 4. The maximum atomic E-state index is 11.7. The molecule has 1 atom stereocenters. The number of amides is 1. The molecule has 0 unspecified atom stereocenters. The van der Waals surface area contributed by atoms with Crippen LogP contribution in [-0.4, -0.2) is 23.5 Å². The zero-order valence-electron chi connectivity index (χ0n) is 8.96. The van der Waals surface area contributed by atoms with Crippen LogP contribution >= 0.6 is 11.3 Å². The Morgan fingerprint density at radius 2 is 2.40 bits per heavy atom. The first-order chi connectivity index (χ1) is 7.16. The van der Waals surface area contributed by atoms with Crippen LogP contribution in [0.25, 0.3) is 0 Å². The van der Waals surface area contributed by atoms with E-state index in [1.807, 2.05) is 13.8 Å². The van der Waals surface area contributed by atoms with Gasteiger partial charge in [-0.25, -0.2) is 4.98 Å². The molecular formula is C10H15N3OS. The Kier molecular flexibility index (Phi) is 3.02. The first-order valence-electron chi connectivity index (χ1n) is 5.15. The summed E-state index contributed by atoms with van der Waals surface area (Å²) in [4.78, 5) is 17.2. The fourth-order valence-corrected chi connectivity index (χ4v) is 2.44. The third-order valence-electron chi connectivity index (χ3n) is 2.64. The number of rotatable bonds is 2. The molecule has 1 aliphatic heterocycles. The fraction of sp³-hybridized carbons (Fsp3) is 0.600. The molecule has 0 aromatic carbocycles. The lowest BCUT2D eigenvalue weighted by Crippen LogP contribution is -2.35. The van der Waals surface area contributed by atoms with Crippen molar-refractivity contribution in [2.75, 3.05) is 11.9 Å². The topological polar surface area (TPSA) is 54.0 Å². The first kappa shape index (κ1) is 10.6. The second-order valence-corrected chi connectivity index (χ2v) is 5.00. The monoisotopic (exact) mass is 225 g/mol. The minimum absolute atomic E-state index is 0.0329. The van der Waals surface area contributed by atoms with Crippen molar-refractivity contribution in [1.29, 1.82) is 0 Å². The van der Waals surface area contributed by atoms with Gasteiger partial charge in [-0.05, 0) is 33.2 Å². The standard InChI is InChI=1S/C10H15N3OS/c1-6-7(2)15-10(12-6)13-9(14)8-4-3-5-11-8/h8,11H,3-5H2,1-2H3,(H,12,13,14)/t8-/m0/s1. The largest absolute Gasteiger partial charge is 0.306 e. The second kappa shape index (κ2) is 4.28. The molecule has 4 nitrogen and oxygen atoms in total. The predicted octanol–water partition coefficient (Wildman–Crippen LogP) is 1.45. The molecule has 0 bridgehead atoms. The Balaban J connectivity index is 1.99. The highest BCUT2D eigenvalue weighted by Crippen LogP contribution is 2.21. The Morgan fingerprint density at radius 1 is 1.60 bits per heavy atom. The quantitative estimate of drug-likeness (QED) is 0.801. The van der Waals surface area contributed by atoms with Crippen LogP contribution in [0.15, 0.2) is 0 Å². The molecule has 2 heterocycles. The van der Waals surface area contributed by atoms with Crippen LogP contribution in [0, 0.1) is 13.8 Å². The number of anilines is 1. The molecule has 2 N–H and O–H groups in total. The number of carbonyl (C=O) groups is 1. The van der Waals surface area contributed by atoms with E-state index in [0.29, 0.717) is 5.13 Å². The lowest BCUT2D eigenvalue weighted by atomic mass is 10.2. The van der Waals surface area contributed by atoms with Gasteiger partial charge in [0.2, 0.25) is 5.91 Å². The van der Waals surface area contributed by atoms with Gasteiger partial charge in [-0.3, -0.25) is 4.79 Å². The Hall–Kier alpha value is -0.940. The Bertz CT molecular complexity index is 349. The number of aromatic nitrogens is 1. The van der Waals surface area contributed by atoms with Crippen molar-refractivity contribution in [3.63, 3.8) is 0 Å². The van der Waals surface area contributed by atoms with Gasteiger partial charge in [0.15, 0.2) is 5.13 Å². The smallest absolute Gasteiger partial charge is 0.243 e. The van der Waals surface area contributed by atoms with E-state index in [2.05, 4.69) is 15.6 Å². The Labute approximate surface area is 93.1 Å². The molecule has 5 heteroatoms. The van der Waals surface area contributed by atoms with Gasteiger partial charge in [0, 0.05) is 4.88 Å². The third kappa shape index (κ3) is 2.35. The minimum atomic E-state index is -0.0329. The number of carbonyl (C=O) groups excluding carboxylic acids is 1. The molecule has 0 aliphatic carbocycles. The van der Waals surface area contributed by atoms with E-state index < -0.39 is 0 Å². The van der Waals surface area contributed by atoms with Crippen molar-refractivity contribution in [3.8, 4) is 0 Å². The molecule has 82 valence electrons. The van der Waals surface area contributed by atoms with Crippen molar-refractivity contribution in [2.24, 2.45) is 0 Å². The van der Waals surface area contributed by atoms with Gasteiger partial charge in [0.25, 0.3) is 0 Å². The van der Waals surface area contributed by atoms with Gasteiger partial charge < -0.3 is 10.6 Å². The van der Waals surface area contributed by atoms with Crippen LogP contribution in [0.2, 0.25) is 0 Å². The highest BCUT2D eigenvalue weighted by atomic mass is 32.1. The molecule has 0 spiro atoms. The van der Waals surface area contributed by atoms with Gasteiger partial charge in [0.05, 0.1) is 11.7 Å². The summed E-state index contributed by atoms with van der Waals surface area (Å²) in [5.41, 5.74) is 0.995. The van der Waals surface area contributed by atoms with E-state index in [-0.39, 0.29) is 11.9 Å². The van der Waals surface area contributed by atoms with Crippen LogP contribution in [0.1, 0.15) is 23.4 Å². The predicted molar refractivity (Wildman–Crippen MR) is 61.2 cm³/mol. The number of nitrogens with zero attached hydrogens (tertiary/aromatic N) is 1. The molecular weight excluding hydrogens is 210 g/mol. The maximum Gasteiger partial charge on any atom is 0.243 e. The number of nitrogens with one attached hydrogen (secondary N) is 2. The van der Waals surface area contributed by atoms with Crippen molar-refractivity contribution in [2.45, 2.75) is 32.7 Å². The van der Waals surface area contributed by atoms with Crippen molar-refractivity contribution >= 4 is 22.4 Å². The Morgan fingerprint density at radius 3 is 2.93 bits per heavy atom. The van der Waals surface area contributed by atoms with Gasteiger partial charge in [-0.2, -0.15) is 0 Å².